The number of carbonyl (C=O) groups is 1. The zero-order valence-electron chi connectivity index (χ0n) is 22.5. The van der Waals surface area contributed by atoms with Gasteiger partial charge in [-0.1, -0.05) is 135 Å². The molecule has 0 fully saturated rings. The molecule has 0 unspecified atom stereocenters. The van der Waals surface area contributed by atoms with Crippen LogP contribution in [0.5, 0.6) is 0 Å². The molecule has 204 valence electrons. The molecule has 0 amide bonds. The third kappa shape index (κ3) is 20.7. The van der Waals surface area contributed by atoms with E-state index in [1.165, 1.54) is 116 Å². The van der Waals surface area contributed by atoms with Crippen LogP contribution in [0.15, 0.2) is 0 Å². The first-order valence-electron chi connectivity index (χ1n) is 14.6. The number of aliphatic hydroxyl groups excluding tert-OH is 3. The lowest BCUT2D eigenvalue weighted by Gasteiger charge is -2.26. The van der Waals surface area contributed by atoms with E-state index >= 15 is 0 Å². The Hall–Kier alpha value is -0.650. The van der Waals surface area contributed by atoms with Crippen LogP contribution in [0.1, 0.15) is 148 Å². The number of hydrogen-bond acceptors (Lipinski definition) is 5. The summed E-state index contributed by atoms with van der Waals surface area (Å²) in [7, 11) is 0. The molecule has 0 rings (SSSR count). The summed E-state index contributed by atoms with van der Waals surface area (Å²) in [4.78, 5) is 11.8. The number of ether oxygens (including phenoxy) is 1. The summed E-state index contributed by atoms with van der Waals surface area (Å²) in [5.41, 5.74) is -1.14. The summed E-state index contributed by atoms with van der Waals surface area (Å²) in [6, 6.07) is 0. The molecular formula is C29H58O5. The quantitative estimate of drug-likeness (QED) is 0.0851. The second kappa shape index (κ2) is 25.4. The van der Waals surface area contributed by atoms with E-state index in [1.807, 2.05) is 0 Å². The predicted octanol–water partition coefficient (Wildman–Crippen LogP) is 7.10. The molecule has 0 saturated heterocycles. The monoisotopic (exact) mass is 486 g/mol. The minimum absolute atomic E-state index is 0.144. The van der Waals surface area contributed by atoms with Crippen molar-refractivity contribution in [3.8, 4) is 0 Å². The van der Waals surface area contributed by atoms with E-state index in [4.69, 9.17) is 4.74 Å². The van der Waals surface area contributed by atoms with Gasteiger partial charge in [0.1, 0.15) is 6.61 Å². The molecule has 0 atom stereocenters. The minimum Gasteiger partial charge on any atom is -0.465 e. The number of hydrogen-bond donors (Lipinski definition) is 3. The van der Waals surface area contributed by atoms with E-state index in [9.17, 15) is 20.1 Å². The molecule has 0 bridgehead atoms. The zero-order valence-corrected chi connectivity index (χ0v) is 22.5. The van der Waals surface area contributed by atoms with Crippen molar-refractivity contribution in [2.45, 2.75) is 148 Å². The zero-order chi connectivity index (χ0) is 25.2. The lowest BCUT2D eigenvalue weighted by atomic mass is 9.93. The van der Waals surface area contributed by atoms with E-state index in [-0.39, 0.29) is 12.6 Å². The van der Waals surface area contributed by atoms with Gasteiger partial charge in [-0.15, -0.1) is 0 Å². The average Bonchev–Trinajstić information content (AvgIpc) is 2.86. The molecule has 0 aromatic heterocycles. The van der Waals surface area contributed by atoms with Crippen LogP contribution in [0.4, 0.5) is 0 Å². The van der Waals surface area contributed by atoms with Crippen LogP contribution in [0.3, 0.4) is 0 Å². The summed E-state index contributed by atoms with van der Waals surface area (Å²) in [6.45, 7) is 0.906. The fourth-order valence-corrected chi connectivity index (χ4v) is 4.29. The molecule has 34 heavy (non-hydrogen) atoms. The van der Waals surface area contributed by atoms with Crippen LogP contribution in [-0.4, -0.2) is 47.7 Å². The number of unbranched alkanes of at least 4 members (excludes halogenated alkanes) is 20. The first-order valence-corrected chi connectivity index (χ1v) is 14.6. The SMILES string of the molecule is CCCCCCCCCCCCCCCCCCCCCCCC(=O)OCC(CO)(CO)CO. The van der Waals surface area contributed by atoms with Crippen molar-refractivity contribution in [2.75, 3.05) is 26.4 Å². The first kappa shape index (κ1) is 33.4. The summed E-state index contributed by atoms with van der Waals surface area (Å²) in [5, 5.41) is 27.7. The topological polar surface area (TPSA) is 87.0 Å². The van der Waals surface area contributed by atoms with Crippen molar-refractivity contribution >= 4 is 5.97 Å². The number of rotatable bonds is 27. The van der Waals surface area contributed by atoms with Crippen molar-refractivity contribution in [2.24, 2.45) is 5.41 Å². The van der Waals surface area contributed by atoms with Gasteiger partial charge in [-0.2, -0.15) is 0 Å². The maximum Gasteiger partial charge on any atom is 0.305 e. The Bertz CT molecular complexity index is 414. The van der Waals surface area contributed by atoms with E-state index in [2.05, 4.69) is 6.92 Å². The fraction of sp³-hybridized carbons (Fsp3) is 0.966. The van der Waals surface area contributed by atoms with Gasteiger partial charge in [0.2, 0.25) is 0 Å². The van der Waals surface area contributed by atoms with Crippen LogP contribution in [0.2, 0.25) is 0 Å². The Kier molecular flexibility index (Phi) is 25.0. The average molecular weight is 487 g/mol. The lowest BCUT2D eigenvalue weighted by Crippen LogP contribution is -2.39. The Morgan fingerprint density at radius 2 is 0.824 bits per heavy atom. The summed E-state index contributed by atoms with van der Waals surface area (Å²) < 4.78 is 5.11. The molecule has 0 aromatic carbocycles. The van der Waals surface area contributed by atoms with Gasteiger partial charge in [-0.25, -0.2) is 0 Å². The number of esters is 1. The highest BCUT2D eigenvalue weighted by Gasteiger charge is 2.29. The summed E-state index contributed by atoms with van der Waals surface area (Å²) in [5.74, 6) is -0.322. The molecule has 0 saturated carbocycles. The van der Waals surface area contributed by atoms with Gasteiger partial charge in [0, 0.05) is 6.42 Å². The molecule has 0 spiro atoms. The van der Waals surface area contributed by atoms with Crippen LogP contribution >= 0.6 is 0 Å². The third-order valence-corrected chi connectivity index (χ3v) is 7.03. The molecule has 0 aromatic rings. The Labute approximate surface area is 211 Å². The van der Waals surface area contributed by atoms with Crippen molar-refractivity contribution in [3.63, 3.8) is 0 Å². The van der Waals surface area contributed by atoms with Gasteiger partial charge in [0.25, 0.3) is 0 Å². The van der Waals surface area contributed by atoms with Crippen LogP contribution in [-0.2, 0) is 9.53 Å². The van der Waals surface area contributed by atoms with Crippen LogP contribution in [0, 0.1) is 5.41 Å². The Morgan fingerprint density at radius 1 is 0.529 bits per heavy atom. The van der Waals surface area contributed by atoms with E-state index in [0.29, 0.717) is 6.42 Å². The second-order valence-corrected chi connectivity index (χ2v) is 10.5. The molecule has 3 N–H and O–H groups in total. The fourth-order valence-electron chi connectivity index (χ4n) is 4.29. The molecular weight excluding hydrogens is 428 g/mol. The maximum atomic E-state index is 11.8. The van der Waals surface area contributed by atoms with Crippen molar-refractivity contribution < 1.29 is 24.9 Å². The predicted molar refractivity (Wildman–Crippen MR) is 142 cm³/mol. The van der Waals surface area contributed by atoms with Gasteiger partial charge >= 0.3 is 5.97 Å². The van der Waals surface area contributed by atoms with Gasteiger partial charge < -0.3 is 20.1 Å². The molecule has 0 aliphatic carbocycles. The molecule has 0 aliphatic rings. The Morgan fingerprint density at radius 3 is 1.12 bits per heavy atom. The molecule has 5 nitrogen and oxygen atoms in total. The highest BCUT2D eigenvalue weighted by Crippen LogP contribution is 2.17. The normalized spacial score (nSPS) is 11.8. The molecule has 5 heteroatoms. The van der Waals surface area contributed by atoms with Gasteiger partial charge in [-0.3, -0.25) is 4.79 Å². The van der Waals surface area contributed by atoms with Crippen LogP contribution < -0.4 is 0 Å². The van der Waals surface area contributed by atoms with Crippen molar-refractivity contribution in [1.82, 2.24) is 0 Å². The highest BCUT2D eigenvalue weighted by molar-refractivity contribution is 5.69. The van der Waals surface area contributed by atoms with Gasteiger partial charge in [0.15, 0.2) is 0 Å². The molecule has 0 radical (unpaired) electrons. The Balaban J connectivity index is 3.26. The largest absolute Gasteiger partial charge is 0.465 e. The smallest absolute Gasteiger partial charge is 0.305 e. The van der Waals surface area contributed by atoms with Gasteiger partial charge in [0.05, 0.1) is 25.2 Å². The maximum absolute atomic E-state index is 11.8. The number of carbonyl (C=O) groups excluding carboxylic acids is 1. The minimum atomic E-state index is -1.14. The van der Waals surface area contributed by atoms with E-state index < -0.39 is 25.2 Å². The van der Waals surface area contributed by atoms with Crippen molar-refractivity contribution in [1.29, 1.82) is 0 Å². The molecule has 0 aliphatic heterocycles. The second-order valence-electron chi connectivity index (χ2n) is 10.5. The van der Waals surface area contributed by atoms with Crippen LogP contribution in [0.25, 0.3) is 0 Å². The lowest BCUT2D eigenvalue weighted by molar-refractivity contribution is -0.151. The third-order valence-electron chi connectivity index (χ3n) is 7.03. The first-order chi connectivity index (χ1) is 16.6. The number of aliphatic hydroxyl groups is 3. The van der Waals surface area contributed by atoms with E-state index in [0.717, 1.165) is 19.3 Å². The summed E-state index contributed by atoms with van der Waals surface area (Å²) >= 11 is 0. The summed E-state index contributed by atoms with van der Waals surface area (Å²) in [6.07, 6.45) is 28.4. The highest BCUT2D eigenvalue weighted by atomic mass is 16.5. The van der Waals surface area contributed by atoms with Crippen molar-refractivity contribution in [3.05, 3.63) is 0 Å². The van der Waals surface area contributed by atoms with E-state index in [1.54, 1.807) is 0 Å². The van der Waals surface area contributed by atoms with Gasteiger partial charge in [-0.05, 0) is 6.42 Å². The standard InChI is InChI=1S/C29H58O5/c1-2-3-4-5-6-7-8-9-10-11-12-13-14-15-16-17-18-19-20-21-22-23-28(33)34-27-29(24-30,25-31)26-32/h30-32H,2-27H2,1H3. The molecule has 0 heterocycles.